The smallest absolute Gasteiger partial charge is 0.158 e. The first-order valence-electron chi connectivity index (χ1n) is 4.49. The van der Waals surface area contributed by atoms with Gasteiger partial charge in [-0.25, -0.2) is 9.97 Å². The van der Waals surface area contributed by atoms with Crippen LogP contribution in [0.15, 0.2) is 37.1 Å². The molecule has 3 aromatic heterocycles. The molecule has 0 aliphatic heterocycles. The molecule has 5 heteroatoms. The summed E-state index contributed by atoms with van der Waals surface area (Å²) in [5.74, 6) is 0.714. The van der Waals surface area contributed by atoms with Gasteiger partial charge in [0, 0.05) is 18.6 Å². The van der Waals surface area contributed by atoms with Crippen molar-refractivity contribution < 1.29 is 0 Å². The fourth-order valence-corrected chi connectivity index (χ4v) is 1.40. The lowest BCUT2D eigenvalue weighted by molar-refractivity contribution is 1.17. The van der Waals surface area contributed by atoms with Crippen LogP contribution < -0.4 is 0 Å². The molecule has 3 aromatic rings. The van der Waals surface area contributed by atoms with Crippen LogP contribution in [0.25, 0.3) is 22.6 Å². The summed E-state index contributed by atoms with van der Waals surface area (Å²) in [4.78, 5) is 19.7. The molecule has 0 fully saturated rings. The van der Waals surface area contributed by atoms with Crippen LogP contribution in [0.5, 0.6) is 0 Å². The first kappa shape index (κ1) is 8.05. The highest BCUT2D eigenvalue weighted by atomic mass is 15.0. The van der Waals surface area contributed by atoms with Gasteiger partial charge in [-0.05, 0) is 6.07 Å². The van der Waals surface area contributed by atoms with Gasteiger partial charge in [0.15, 0.2) is 5.82 Å². The highest BCUT2D eigenvalue weighted by Gasteiger charge is 2.05. The summed E-state index contributed by atoms with van der Waals surface area (Å²) in [6, 6.07) is 1.85. The molecule has 3 rings (SSSR count). The lowest BCUT2D eigenvalue weighted by Gasteiger charge is -1.91. The van der Waals surface area contributed by atoms with E-state index in [9.17, 15) is 0 Å². The number of hydrogen-bond acceptors (Lipinski definition) is 4. The van der Waals surface area contributed by atoms with E-state index in [1.54, 1.807) is 31.0 Å². The van der Waals surface area contributed by atoms with Gasteiger partial charge >= 0.3 is 0 Å². The quantitative estimate of drug-likeness (QED) is 0.640. The number of pyridine rings is 1. The van der Waals surface area contributed by atoms with Crippen LogP contribution >= 0.6 is 0 Å². The zero-order chi connectivity index (χ0) is 10.1. The van der Waals surface area contributed by atoms with E-state index in [2.05, 4.69) is 24.9 Å². The van der Waals surface area contributed by atoms with Gasteiger partial charge in [0.2, 0.25) is 0 Å². The molecule has 0 aliphatic rings. The molecule has 0 amide bonds. The van der Waals surface area contributed by atoms with Crippen molar-refractivity contribution in [3.05, 3.63) is 37.1 Å². The van der Waals surface area contributed by atoms with Gasteiger partial charge in [-0.15, -0.1) is 0 Å². The molecule has 0 unspecified atom stereocenters. The molecule has 3 heterocycles. The molecule has 0 aromatic carbocycles. The molecule has 5 nitrogen and oxygen atoms in total. The van der Waals surface area contributed by atoms with Crippen LogP contribution in [-0.2, 0) is 0 Å². The summed E-state index contributed by atoms with van der Waals surface area (Å²) in [5.41, 5.74) is 2.51. The summed E-state index contributed by atoms with van der Waals surface area (Å²) in [5, 5.41) is 0. The maximum absolute atomic E-state index is 4.38. The summed E-state index contributed by atoms with van der Waals surface area (Å²) < 4.78 is 0. The zero-order valence-corrected chi connectivity index (χ0v) is 7.75. The molecule has 0 saturated heterocycles. The fraction of sp³-hybridized carbons (Fsp3) is 0. The van der Waals surface area contributed by atoms with Crippen LogP contribution in [-0.4, -0.2) is 24.9 Å². The second-order valence-corrected chi connectivity index (χ2v) is 3.07. The number of nitrogens with one attached hydrogen (secondary N) is 1. The maximum Gasteiger partial charge on any atom is 0.158 e. The van der Waals surface area contributed by atoms with Crippen molar-refractivity contribution in [1.29, 1.82) is 0 Å². The van der Waals surface area contributed by atoms with Gasteiger partial charge < -0.3 is 4.98 Å². The van der Waals surface area contributed by atoms with E-state index in [-0.39, 0.29) is 0 Å². The van der Waals surface area contributed by atoms with Crippen molar-refractivity contribution in [2.45, 2.75) is 0 Å². The lowest BCUT2D eigenvalue weighted by Crippen LogP contribution is -1.85. The number of imidazole rings is 1. The molecule has 0 aliphatic carbocycles. The van der Waals surface area contributed by atoms with E-state index in [0.717, 1.165) is 16.7 Å². The number of fused-ring (bicyclic) bond motifs is 1. The minimum absolute atomic E-state index is 0.714. The van der Waals surface area contributed by atoms with Crippen LogP contribution in [0.2, 0.25) is 0 Å². The highest BCUT2D eigenvalue weighted by Crippen LogP contribution is 2.16. The molecule has 1 N–H and O–H groups in total. The summed E-state index contributed by atoms with van der Waals surface area (Å²) in [6.07, 6.45) is 8.39. The van der Waals surface area contributed by atoms with Gasteiger partial charge in [-0.3, -0.25) is 9.97 Å². The van der Waals surface area contributed by atoms with E-state index < -0.39 is 0 Å². The molecule has 0 bridgehead atoms. The Morgan fingerprint density at radius 2 is 1.93 bits per heavy atom. The molecule has 15 heavy (non-hydrogen) atoms. The van der Waals surface area contributed by atoms with Crippen LogP contribution in [0.1, 0.15) is 0 Å². The lowest BCUT2D eigenvalue weighted by atomic mass is 10.4. The standard InChI is InChI=1S/C10H7N5/c1-2-11-5-8-7(1)14-10(15-8)9-6-12-3-4-13-9/h1-6H,(H,14,15). The van der Waals surface area contributed by atoms with Gasteiger partial charge in [0.25, 0.3) is 0 Å². The van der Waals surface area contributed by atoms with Crippen molar-refractivity contribution in [2.24, 2.45) is 0 Å². The van der Waals surface area contributed by atoms with Gasteiger partial charge in [-0.2, -0.15) is 0 Å². The third kappa shape index (κ3) is 1.34. The second kappa shape index (κ2) is 3.13. The molecule has 0 atom stereocenters. The second-order valence-electron chi connectivity index (χ2n) is 3.07. The Kier molecular flexibility index (Phi) is 1.68. The van der Waals surface area contributed by atoms with Crippen molar-refractivity contribution in [2.75, 3.05) is 0 Å². The average molecular weight is 197 g/mol. The Hall–Kier alpha value is -2.30. The number of H-pyrrole nitrogens is 1. The Labute approximate surface area is 85.3 Å². The number of hydrogen-bond donors (Lipinski definition) is 1. The third-order valence-electron chi connectivity index (χ3n) is 2.09. The molecular weight excluding hydrogens is 190 g/mol. The third-order valence-corrected chi connectivity index (χ3v) is 2.09. The SMILES string of the molecule is c1cnc(-c2nc3ccncc3[nH]2)cn1. The number of rotatable bonds is 1. The van der Waals surface area contributed by atoms with Crippen LogP contribution in [0, 0.1) is 0 Å². The van der Waals surface area contributed by atoms with Crippen LogP contribution in [0.3, 0.4) is 0 Å². The number of aromatic amines is 1. The van der Waals surface area contributed by atoms with Crippen LogP contribution in [0.4, 0.5) is 0 Å². The minimum atomic E-state index is 0.714. The van der Waals surface area contributed by atoms with E-state index >= 15 is 0 Å². The highest BCUT2D eigenvalue weighted by molar-refractivity contribution is 5.77. The predicted molar refractivity (Wildman–Crippen MR) is 54.9 cm³/mol. The van der Waals surface area contributed by atoms with E-state index in [1.165, 1.54) is 0 Å². The Bertz CT molecular complexity index is 554. The van der Waals surface area contributed by atoms with Crippen molar-refractivity contribution >= 4 is 11.0 Å². The van der Waals surface area contributed by atoms with Gasteiger partial charge in [0.1, 0.15) is 5.69 Å². The Balaban J connectivity index is 2.21. The van der Waals surface area contributed by atoms with E-state index in [1.807, 2.05) is 6.07 Å². The maximum atomic E-state index is 4.38. The normalized spacial score (nSPS) is 10.7. The van der Waals surface area contributed by atoms with E-state index in [4.69, 9.17) is 0 Å². The minimum Gasteiger partial charge on any atom is -0.335 e. The first-order chi connectivity index (χ1) is 7.43. The largest absolute Gasteiger partial charge is 0.335 e. The number of aromatic nitrogens is 5. The molecule has 72 valence electrons. The first-order valence-corrected chi connectivity index (χ1v) is 4.49. The van der Waals surface area contributed by atoms with Crippen molar-refractivity contribution in [1.82, 2.24) is 24.9 Å². The molecule has 0 radical (unpaired) electrons. The fourth-order valence-electron chi connectivity index (χ4n) is 1.40. The average Bonchev–Trinajstić information content (AvgIpc) is 2.74. The predicted octanol–water partition coefficient (Wildman–Crippen LogP) is 1.41. The molecule has 0 spiro atoms. The van der Waals surface area contributed by atoms with Gasteiger partial charge in [-0.1, -0.05) is 0 Å². The zero-order valence-electron chi connectivity index (χ0n) is 7.75. The number of nitrogens with zero attached hydrogens (tertiary/aromatic N) is 4. The molecular formula is C10H7N5. The summed E-state index contributed by atoms with van der Waals surface area (Å²) in [6.45, 7) is 0. The Morgan fingerprint density at radius 3 is 2.73 bits per heavy atom. The molecule has 0 saturated carbocycles. The summed E-state index contributed by atoms with van der Waals surface area (Å²) >= 11 is 0. The summed E-state index contributed by atoms with van der Waals surface area (Å²) in [7, 11) is 0. The van der Waals surface area contributed by atoms with Gasteiger partial charge in [0.05, 0.1) is 23.4 Å². The monoisotopic (exact) mass is 197 g/mol. The van der Waals surface area contributed by atoms with E-state index in [0.29, 0.717) is 5.82 Å². The topological polar surface area (TPSA) is 67.3 Å². The van der Waals surface area contributed by atoms with Crippen molar-refractivity contribution in [3.63, 3.8) is 0 Å². The van der Waals surface area contributed by atoms with Crippen molar-refractivity contribution in [3.8, 4) is 11.5 Å². The Morgan fingerprint density at radius 1 is 1.00 bits per heavy atom.